The molecule has 0 saturated heterocycles. The van der Waals surface area contributed by atoms with Crippen molar-refractivity contribution in [2.75, 3.05) is 13.2 Å². The number of rotatable bonds is 4. The van der Waals surface area contributed by atoms with E-state index in [-0.39, 0.29) is 18.5 Å². The highest BCUT2D eigenvalue weighted by atomic mass is 16.5. The largest absolute Gasteiger partial charge is 0.460 e. The van der Waals surface area contributed by atoms with Crippen LogP contribution in [0.1, 0.15) is 10.4 Å². The zero-order valence-corrected chi connectivity index (χ0v) is 8.69. The minimum absolute atomic E-state index is 0.0178. The number of benzene rings is 1. The average Bonchev–Trinajstić information content (AvgIpc) is 2.35. The zero-order valence-electron chi connectivity index (χ0n) is 8.69. The molecule has 0 amide bonds. The maximum absolute atomic E-state index is 11.4. The molecule has 16 heavy (non-hydrogen) atoms. The molecule has 0 aromatic heterocycles. The lowest BCUT2D eigenvalue weighted by Crippen LogP contribution is -2.42. The van der Waals surface area contributed by atoms with Crippen LogP contribution in [0.3, 0.4) is 0 Å². The van der Waals surface area contributed by atoms with E-state index in [0.717, 1.165) is 0 Å². The summed E-state index contributed by atoms with van der Waals surface area (Å²) in [5, 5.41) is 9.71. The van der Waals surface area contributed by atoms with E-state index in [1.165, 1.54) is 0 Å². The van der Waals surface area contributed by atoms with Crippen LogP contribution in [0.25, 0.3) is 0 Å². The normalized spacial score (nSPS) is 9.31. The summed E-state index contributed by atoms with van der Waals surface area (Å²) in [6.45, 7) is 0.513. The van der Waals surface area contributed by atoms with Crippen LogP contribution in [0.4, 0.5) is 0 Å². The fourth-order valence-corrected chi connectivity index (χ4v) is 1.03. The van der Waals surface area contributed by atoms with Gasteiger partial charge in [0.15, 0.2) is 0 Å². The molecule has 86 valence electrons. The van der Waals surface area contributed by atoms with Gasteiger partial charge in [0.25, 0.3) is 0 Å². The second-order valence-corrected chi connectivity index (χ2v) is 2.95. The highest BCUT2D eigenvalue weighted by Gasteiger charge is 2.04. The quantitative estimate of drug-likeness (QED) is 0.141. The minimum atomic E-state index is -0.380. The summed E-state index contributed by atoms with van der Waals surface area (Å²) in [4.78, 5) is 11.4. The molecule has 0 saturated carbocycles. The molecule has 0 unspecified atom stereocenters. The molecule has 0 fully saturated rings. The molecular weight excluding hydrogens is 208 g/mol. The summed E-state index contributed by atoms with van der Waals surface area (Å²) >= 11 is 0. The van der Waals surface area contributed by atoms with Gasteiger partial charge in [0.2, 0.25) is 5.96 Å². The Morgan fingerprint density at radius 2 is 2.06 bits per heavy atom. The predicted molar refractivity (Wildman–Crippen MR) is 59.8 cm³/mol. The Morgan fingerprint density at radius 3 is 2.69 bits per heavy atom. The molecule has 0 bridgehead atoms. The van der Waals surface area contributed by atoms with Crippen molar-refractivity contribution in [2.45, 2.75) is 0 Å². The van der Waals surface area contributed by atoms with Gasteiger partial charge < -0.3 is 10.1 Å². The van der Waals surface area contributed by atoms with Crippen molar-refractivity contribution >= 4 is 11.9 Å². The fraction of sp³-hybridized carbons (Fsp3) is 0.200. The third-order valence-electron chi connectivity index (χ3n) is 1.79. The standard InChI is InChI=1S/C10H14N4O2/c11-10(14-12)13-6-7-16-9(15)8-4-2-1-3-5-8/h1-5H,6-7,12H2,(H3,11,13,14). The Kier molecular flexibility index (Phi) is 4.81. The van der Waals surface area contributed by atoms with Gasteiger partial charge in [-0.2, -0.15) is 0 Å². The smallest absolute Gasteiger partial charge is 0.338 e. The van der Waals surface area contributed by atoms with E-state index in [0.29, 0.717) is 12.1 Å². The maximum atomic E-state index is 11.4. The van der Waals surface area contributed by atoms with Crippen LogP contribution >= 0.6 is 0 Å². The molecular formula is C10H14N4O2. The van der Waals surface area contributed by atoms with Gasteiger partial charge in [0.1, 0.15) is 6.61 Å². The second kappa shape index (κ2) is 6.41. The topological polar surface area (TPSA) is 100 Å². The summed E-state index contributed by atoms with van der Waals surface area (Å²) in [6, 6.07) is 8.72. The molecule has 6 nitrogen and oxygen atoms in total. The lowest BCUT2D eigenvalue weighted by atomic mass is 10.2. The first kappa shape index (κ1) is 12.0. The summed E-state index contributed by atoms with van der Waals surface area (Å²) in [5.41, 5.74) is 2.63. The Bertz CT molecular complexity index is 353. The van der Waals surface area contributed by atoms with Crippen molar-refractivity contribution in [3.05, 3.63) is 35.9 Å². The molecule has 6 heteroatoms. The number of guanidine groups is 1. The minimum Gasteiger partial charge on any atom is -0.460 e. The Balaban J connectivity index is 2.24. The van der Waals surface area contributed by atoms with E-state index in [9.17, 15) is 4.79 Å². The number of hydrogen-bond acceptors (Lipinski definition) is 4. The Hall–Kier alpha value is -2.08. The van der Waals surface area contributed by atoms with Crippen LogP contribution in [0.5, 0.6) is 0 Å². The van der Waals surface area contributed by atoms with Crippen molar-refractivity contribution in [2.24, 2.45) is 5.84 Å². The number of nitrogens with one attached hydrogen (secondary N) is 3. The first-order chi connectivity index (χ1) is 7.74. The Morgan fingerprint density at radius 1 is 1.38 bits per heavy atom. The highest BCUT2D eigenvalue weighted by Crippen LogP contribution is 2.00. The van der Waals surface area contributed by atoms with E-state index in [4.69, 9.17) is 16.0 Å². The third-order valence-corrected chi connectivity index (χ3v) is 1.79. The van der Waals surface area contributed by atoms with Gasteiger partial charge in [-0.25, -0.2) is 10.6 Å². The number of ether oxygens (including phenoxy) is 1. The van der Waals surface area contributed by atoms with Crippen LogP contribution in [0.15, 0.2) is 30.3 Å². The van der Waals surface area contributed by atoms with Gasteiger partial charge in [-0.15, -0.1) is 0 Å². The number of esters is 1. The number of hydrogen-bond donors (Lipinski definition) is 4. The molecule has 0 heterocycles. The van der Waals surface area contributed by atoms with Crippen LogP contribution in [-0.2, 0) is 4.74 Å². The van der Waals surface area contributed by atoms with Gasteiger partial charge >= 0.3 is 5.97 Å². The molecule has 0 radical (unpaired) electrons. The number of carbonyl (C=O) groups is 1. The highest BCUT2D eigenvalue weighted by molar-refractivity contribution is 5.89. The van der Waals surface area contributed by atoms with Crippen molar-refractivity contribution in [3.63, 3.8) is 0 Å². The Labute approximate surface area is 93.3 Å². The molecule has 1 rings (SSSR count). The number of hydrazine groups is 1. The van der Waals surface area contributed by atoms with E-state index in [2.05, 4.69) is 10.7 Å². The average molecular weight is 222 g/mol. The number of nitrogens with two attached hydrogens (primary N) is 1. The molecule has 0 aliphatic heterocycles. The van der Waals surface area contributed by atoms with Crippen molar-refractivity contribution in [1.29, 1.82) is 5.41 Å². The molecule has 0 aliphatic rings. The van der Waals surface area contributed by atoms with Crippen LogP contribution in [0.2, 0.25) is 0 Å². The molecule has 1 aromatic carbocycles. The molecule has 5 N–H and O–H groups in total. The van der Waals surface area contributed by atoms with E-state index in [1.54, 1.807) is 24.3 Å². The predicted octanol–water partition coefficient (Wildman–Crippen LogP) is -0.169. The van der Waals surface area contributed by atoms with E-state index < -0.39 is 0 Å². The molecule has 1 aromatic rings. The van der Waals surface area contributed by atoms with Gasteiger partial charge in [-0.3, -0.25) is 10.8 Å². The summed E-state index contributed by atoms with van der Waals surface area (Å²) < 4.78 is 4.96. The van der Waals surface area contributed by atoms with E-state index >= 15 is 0 Å². The van der Waals surface area contributed by atoms with Gasteiger partial charge in [-0.1, -0.05) is 18.2 Å². The number of carbonyl (C=O) groups excluding carboxylic acids is 1. The zero-order chi connectivity index (χ0) is 11.8. The van der Waals surface area contributed by atoms with Gasteiger partial charge in [0, 0.05) is 0 Å². The van der Waals surface area contributed by atoms with Crippen molar-refractivity contribution in [1.82, 2.24) is 10.7 Å². The monoisotopic (exact) mass is 222 g/mol. The lowest BCUT2D eigenvalue weighted by molar-refractivity contribution is 0.0512. The van der Waals surface area contributed by atoms with Gasteiger partial charge in [0.05, 0.1) is 12.1 Å². The van der Waals surface area contributed by atoms with Crippen molar-refractivity contribution < 1.29 is 9.53 Å². The fourth-order valence-electron chi connectivity index (χ4n) is 1.03. The SMILES string of the molecule is N=C(NN)NCCOC(=O)c1ccccc1. The molecule has 0 spiro atoms. The van der Waals surface area contributed by atoms with Gasteiger partial charge in [-0.05, 0) is 12.1 Å². The first-order valence-electron chi connectivity index (χ1n) is 4.75. The third kappa shape index (κ3) is 3.97. The summed E-state index contributed by atoms with van der Waals surface area (Å²) in [6.07, 6.45) is 0. The van der Waals surface area contributed by atoms with Crippen LogP contribution in [0, 0.1) is 5.41 Å². The summed E-state index contributed by atoms with van der Waals surface area (Å²) in [7, 11) is 0. The summed E-state index contributed by atoms with van der Waals surface area (Å²) in [5.74, 6) is 4.56. The van der Waals surface area contributed by atoms with Crippen LogP contribution < -0.4 is 16.6 Å². The maximum Gasteiger partial charge on any atom is 0.338 e. The molecule has 0 aliphatic carbocycles. The van der Waals surface area contributed by atoms with Crippen molar-refractivity contribution in [3.8, 4) is 0 Å². The van der Waals surface area contributed by atoms with Crippen LogP contribution in [-0.4, -0.2) is 25.1 Å². The second-order valence-electron chi connectivity index (χ2n) is 2.95. The first-order valence-corrected chi connectivity index (χ1v) is 4.75. The molecule has 0 atom stereocenters. The van der Waals surface area contributed by atoms with E-state index in [1.807, 2.05) is 6.07 Å². The lowest BCUT2D eigenvalue weighted by Gasteiger charge is -2.07.